The van der Waals surface area contributed by atoms with Crippen LogP contribution in [0.25, 0.3) is 0 Å². The average Bonchev–Trinajstić information content (AvgIpc) is 2.69. The molecule has 0 radical (unpaired) electrons. The molecule has 2 N–H and O–H groups in total. The highest BCUT2D eigenvalue weighted by molar-refractivity contribution is 7.08. The van der Waals surface area contributed by atoms with E-state index in [1.807, 2.05) is 5.38 Å². The molecule has 5 heteroatoms. The predicted octanol–water partition coefficient (Wildman–Crippen LogP) is 0.485. The van der Waals surface area contributed by atoms with Crippen molar-refractivity contribution in [1.29, 1.82) is 0 Å². The number of amides is 1. The fraction of sp³-hybridized carbons (Fsp3) is 0.444. The van der Waals surface area contributed by atoms with Gasteiger partial charge in [-0.2, -0.15) is 11.3 Å². The zero-order chi connectivity index (χ0) is 10.4. The number of carbonyl (C=O) groups excluding carboxylic acids is 1. The average molecular weight is 215 g/mol. The lowest BCUT2D eigenvalue weighted by molar-refractivity contribution is 0.0840. The molecule has 0 aromatic carbocycles. The number of hydrogen-bond donors (Lipinski definition) is 2. The van der Waals surface area contributed by atoms with Gasteiger partial charge in [-0.1, -0.05) is 0 Å². The summed E-state index contributed by atoms with van der Waals surface area (Å²) in [6.07, 6.45) is 0. The number of ether oxygens (including phenoxy) is 1. The highest BCUT2D eigenvalue weighted by Crippen LogP contribution is 2.05. The number of thiophene rings is 1. The van der Waals surface area contributed by atoms with Crippen LogP contribution in [0, 0.1) is 0 Å². The van der Waals surface area contributed by atoms with Crippen LogP contribution in [0.15, 0.2) is 16.8 Å². The maximum absolute atomic E-state index is 11.5. The Hall–Kier alpha value is -0.910. The maximum Gasteiger partial charge on any atom is 0.252 e. The Balaban J connectivity index is 2.47. The van der Waals surface area contributed by atoms with Crippen LogP contribution in [0.1, 0.15) is 10.4 Å². The third-order valence-electron chi connectivity index (χ3n) is 1.71. The van der Waals surface area contributed by atoms with E-state index in [-0.39, 0.29) is 18.6 Å². The van der Waals surface area contributed by atoms with Crippen molar-refractivity contribution in [3.63, 3.8) is 0 Å². The summed E-state index contributed by atoms with van der Waals surface area (Å²) in [5.41, 5.74) is 0.615. The van der Waals surface area contributed by atoms with Gasteiger partial charge in [-0.3, -0.25) is 4.79 Å². The van der Waals surface area contributed by atoms with Crippen molar-refractivity contribution in [2.24, 2.45) is 0 Å². The highest BCUT2D eigenvalue weighted by atomic mass is 32.1. The van der Waals surface area contributed by atoms with Crippen LogP contribution in [-0.2, 0) is 4.74 Å². The molecule has 0 saturated carbocycles. The van der Waals surface area contributed by atoms with E-state index in [9.17, 15) is 4.79 Å². The molecule has 4 nitrogen and oxygen atoms in total. The van der Waals surface area contributed by atoms with E-state index in [0.29, 0.717) is 12.2 Å². The quantitative estimate of drug-likeness (QED) is 0.751. The Morgan fingerprint density at radius 2 is 2.57 bits per heavy atom. The van der Waals surface area contributed by atoms with E-state index in [1.54, 1.807) is 11.4 Å². The zero-order valence-electron chi connectivity index (χ0n) is 7.90. The van der Waals surface area contributed by atoms with Gasteiger partial charge in [0.2, 0.25) is 0 Å². The van der Waals surface area contributed by atoms with Crippen molar-refractivity contribution in [2.75, 3.05) is 20.3 Å². The minimum atomic E-state index is -0.340. The topological polar surface area (TPSA) is 58.6 Å². The van der Waals surface area contributed by atoms with E-state index in [0.717, 1.165) is 0 Å². The summed E-state index contributed by atoms with van der Waals surface area (Å²) in [5, 5.41) is 15.2. The maximum atomic E-state index is 11.5. The van der Waals surface area contributed by atoms with Crippen molar-refractivity contribution in [1.82, 2.24) is 5.32 Å². The minimum absolute atomic E-state index is 0.121. The van der Waals surface area contributed by atoms with Crippen molar-refractivity contribution in [3.05, 3.63) is 22.4 Å². The van der Waals surface area contributed by atoms with Gasteiger partial charge in [0.1, 0.15) is 0 Å². The van der Waals surface area contributed by atoms with E-state index >= 15 is 0 Å². The van der Waals surface area contributed by atoms with Crippen LogP contribution in [0.3, 0.4) is 0 Å². The van der Waals surface area contributed by atoms with Gasteiger partial charge in [-0.15, -0.1) is 0 Å². The van der Waals surface area contributed by atoms with E-state index < -0.39 is 0 Å². The monoisotopic (exact) mass is 215 g/mol. The highest BCUT2D eigenvalue weighted by Gasteiger charge is 2.12. The molecule has 1 rings (SSSR count). The van der Waals surface area contributed by atoms with Crippen molar-refractivity contribution in [3.8, 4) is 0 Å². The fourth-order valence-corrected chi connectivity index (χ4v) is 1.64. The molecule has 14 heavy (non-hydrogen) atoms. The second-order valence-electron chi connectivity index (χ2n) is 2.82. The first-order valence-corrected chi connectivity index (χ1v) is 5.15. The van der Waals surface area contributed by atoms with Gasteiger partial charge >= 0.3 is 0 Å². The summed E-state index contributed by atoms with van der Waals surface area (Å²) < 4.78 is 4.84. The molecule has 0 bridgehead atoms. The molecule has 1 aromatic rings. The van der Waals surface area contributed by atoms with Gasteiger partial charge < -0.3 is 15.2 Å². The molecule has 0 aliphatic heterocycles. The van der Waals surface area contributed by atoms with Gasteiger partial charge in [-0.05, 0) is 11.4 Å². The molecule has 0 aliphatic carbocycles. The van der Waals surface area contributed by atoms with Crippen molar-refractivity contribution >= 4 is 17.2 Å². The Labute approximate surface area is 86.5 Å². The predicted molar refractivity (Wildman–Crippen MR) is 54.5 cm³/mol. The SMILES string of the molecule is COCC(CO)NC(=O)c1ccsc1. The number of hydrogen-bond acceptors (Lipinski definition) is 4. The molecule has 0 spiro atoms. The standard InChI is InChI=1S/C9H13NO3S/c1-13-5-8(4-11)10-9(12)7-2-3-14-6-7/h2-3,6,8,11H,4-5H2,1H3,(H,10,12). The Morgan fingerprint density at radius 3 is 3.07 bits per heavy atom. The van der Waals surface area contributed by atoms with Crippen molar-refractivity contribution < 1.29 is 14.6 Å². The third-order valence-corrected chi connectivity index (χ3v) is 2.39. The van der Waals surface area contributed by atoms with E-state index in [2.05, 4.69) is 5.32 Å². The molecule has 1 amide bonds. The van der Waals surface area contributed by atoms with Crippen molar-refractivity contribution in [2.45, 2.75) is 6.04 Å². The molecule has 0 aliphatic rings. The van der Waals surface area contributed by atoms with E-state index in [4.69, 9.17) is 9.84 Å². The lowest BCUT2D eigenvalue weighted by Gasteiger charge is -2.14. The number of carbonyl (C=O) groups is 1. The molecule has 0 fully saturated rings. The second-order valence-corrected chi connectivity index (χ2v) is 3.60. The summed E-state index contributed by atoms with van der Waals surface area (Å²) in [5.74, 6) is -0.178. The van der Waals surface area contributed by atoms with Crippen LogP contribution in [0.2, 0.25) is 0 Å². The molecule has 78 valence electrons. The number of aliphatic hydroxyl groups is 1. The Kier molecular flexibility index (Phi) is 4.58. The number of rotatable bonds is 5. The van der Waals surface area contributed by atoms with Crippen LogP contribution in [0.5, 0.6) is 0 Å². The van der Waals surface area contributed by atoms with Crippen LogP contribution in [0.4, 0.5) is 0 Å². The molecule has 1 atom stereocenters. The van der Waals surface area contributed by atoms with Gasteiger partial charge in [0.25, 0.3) is 5.91 Å². The summed E-state index contributed by atoms with van der Waals surface area (Å²) in [7, 11) is 1.53. The van der Waals surface area contributed by atoms with E-state index in [1.165, 1.54) is 18.4 Å². The molecule has 0 saturated heterocycles. The number of aliphatic hydroxyl groups excluding tert-OH is 1. The Morgan fingerprint density at radius 1 is 1.79 bits per heavy atom. The van der Waals surface area contributed by atoms with Gasteiger partial charge in [0, 0.05) is 18.1 Å². The lowest BCUT2D eigenvalue weighted by atomic mass is 10.2. The van der Waals surface area contributed by atoms with Gasteiger partial charge in [-0.25, -0.2) is 0 Å². The smallest absolute Gasteiger partial charge is 0.252 e. The van der Waals surface area contributed by atoms with Crippen LogP contribution < -0.4 is 5.32 Å². The number of nitrogens with one attached hydrogen (secondary N) is 1. The Bertz CT molecular complexity index is 274. The first kappa shape index (κ1) is 11.2. The molecule has 1 aromatic heterocycles. The third kappa shape index (κ3) is 3.10. The molecule has 1 unspecified atom stereocenters. The molecule has 1 heterocycles. The minimum Gasteiger partial charge on any atom is -0.394 e. The second kappa shape index (κ2) is 5.74. The fourth-order valence-electron chi connectivity index (χ4n) is 1.00. The summed E-state index contributed by atoms with van der Waals surface area (Å²) >= 11 is 1.46. The number of methoxy groups -OCH3 is 1. The zero-order valence-corrected chi connectivity index (χ0v) is 8.71. The normalized spacial score (nSPS) is 12.4. The largest absolute Gasteiger partial charge is 0.394 e. The summed E-state index contributed by atoms with van der Waals surface area (Å²) in [6.45, 7) is 0.191. The molecular weight excluding hydrogens is 202 g/mol. The van der Waals surface area contributed by atoms with Crippen LogP contribution >= 0.6 is 11.3 Å². The lowest BCUT2D eigenvalue weighted by Crippen LogP contribution is -2.40. The first-order valence-electron chi connectivity index (χ1n) is 4.20. The first-order chi connectivity index (χ1) is 6.77. The summed E-state index contributed by atoms with van der Waals surface area (Å²) in [4.78, 5) is 11.5. The molecular formula is C9H13NO3S. The summed E-state index contributed by atoms with van der Waals surface area (Å²) in [6, 6.07) is 1.40. The van der Waals surface area contributed by atoms with Crippen LogP contribution in [-0.4, -0.2) is 37.4 Å². The van der Waals surface area contributed by atoms with Gasteiger partial charge in [0.05, 0.1) is 19.3 Å². The van der Waals surface area contributed by atoms with Gasteiger partial charge in [0.15, 0.2) is 0 Å².